The normalized spacial score (nSPS) is 10.4. The van der Waals surface area contributed by atoms with Crippen LogP contribution in [0.5, 0.6) is 0 Å². The highest BCUT2D eigenvalue weighted by Crippen LogP contribution is 2.25. The van der Waals surface area contributed by atoms with Crippen LogP contribution in [-0.2, 0) is 5.75 Å². The van der Waals surface area contributed by atoms with E-state index in [0.717, 1.165) is 15.2 Å². The average molecular weight is 314 g/mol. The molecular weight excluding hydrogens is 304 g/mol. The molecular formula is C13H10BrClS. The third-order valence-electron chi connectivity index (χ3n) is 2.11. The van der Waals surface area contributed by atoms with Gasteiger partial charge in [-0.1, -0.05) is 39.7 Å². The molecule has 2 aromatic rings. The standard InChI is InChI=1S/C13H10BrClS/c14-11-3-1-2-10(8-11)9-16-13-6-4-12(15)5-7-13/h1-8H,9H2. The minimum Gasteiger partial charge on any atom is -0.121 e. The molecule has 82 valence electrons. The van der Waals surface area contributed by atoms with Crippen molar-refractivity contribution in [1.82, 2.24) is 0 Å². The van der Waals surface area contributed by atoms with Crippen molar-refractivity contribution in [3.8, 4) is 0 Å². The smallest absolute Gasteiger partial charge is 0.0406 e. The number of benzene rings is 2. The van der Waals surface area contributed by atoms with Crippen LogP contribution in [0.1, 0.15) is 5.56 Å². The third kappa shape index (κ3) is 3.55. The third-order valence-corrected chi connectivity index (χ3v) is 3.94. The maximum absolute atomic E-state index is 5.83. The Hall–Kier alpha value is -0.440. The largest absolute Gasteiger partial charge is 0.121 e. The van der Waals surface area contributed by atoms with Gasteiger partial charge in [-0.05, 0) is 42.0 Å². The van der Waals surface area contributed by atoms with E-state index >= 15 is 0 Å². The van der Waals surface area contributed by atoms with Crippen LogP contribution in [0.3, 0.4) is 0 Å². The minimum absolute atomic E-state index is 0.784. The molecule has 2 rings (SSSR count). The van der Waals surface area contributed by atoms with Crippen LogP contribution in [0.25, 0.3) is 0 Å². The van der Waals surface area contributed by atoms with Crippen LogP contribution in [-0.4, -0.2) is 0 Å². The summed E-state index contributed by atoms with van der Waals surface area (Å²) in [4.78, 5) is 1.24. The van der Waals surface area contributed by atoms with Gasteiger partial charge >= 0.3 is 0 Å². The Morgan fingerprint density at radius 2 is 1.81 bits per heavy atom. The van der Waals surface area contributed by atoms with E-state index in [4.69, 9.17) is 11.6 Å². The van der Waals surface area contributed by atoms with E-state index in [0.29, 0.717) is 0 Å². The van der Waals surface area contributed by atoms with Crippen molar-refractivity contribution in [3.05, 3.63) is 63.6 Å². The lowest BCUT2D eigenvalue weighted by atomic mass is 10.2. The van der Waals surface area contributed by atoms with Gasteiger partial charge in [0, 0.05) is 20.1 Å². The number of thioether (sulfide) groups is 1. The molecule has 0 aliphatic carbocycles. The van der Waals surface area contributed by atoms with Crippen molar-refractivity contribution in [2.24, 2.45) is 0 Å². The SMILES string of the molecule is Clc1ccc(SCc2cccc(Br)c2)cc1. The van der Waals surface area contributed by atoms with E-state index in [1.54, 1.807) is 0 Å². The summed E-state index contributed by atoms with van der Waals surface area (Å²) in [6, 6.07) is 16.3. The Bertz CT molecular complexity index is 468. The van der Waals surface area contributed by atoms with Crippen molar-refractivity contribution in [3.63, 3.8) is 0 Å². The zero-order valence-corrected chi connectivity index (χ0v) is 11.6. The Morgan fingerprint density at radius 1 is 1.06 bits per heavy atom. The minimum atomic E-state index is 0.784. The molecule has 0 unspecified atom stereocenters. The first-order valence-electron chi connectivity index (χ1n) is 4.87. The molecule has 0 saturated carbocycles. The highest BCUT2D eigenvalue weighted by molar-refractivity contribution is 9.10. The molecule has 0 amide bonds. The quantitative estimate of drug-likeness (QED) is 0.684. The summed E-state index contributed by atoms with van der Waals surface area (Å²) in [6.07, 6.45) is 0. The van der Waals surface area contributed by atoms with Crippen molar-refractivity contribution in [2.75, 3.05) is 0 Å². The van der Waals surface area contributed by atoms with Crippen molar-refractivity contribution in [2.45, 2.75) is 10.6 Å². The van der Waals surface area contributed by atoms with E-state index in [9.17, 15) is 0 Å². The van der Waals surface area contributed by atoms with Crippen LogP contribution in [0.4, 0.5) is 0 Å². The molecule has 0 saturated heterocycles. The molecule has 16 heavy (non-hydrogen) atoms. The molecule has 0 aromatic heterocycles. The van der Waals surface area contributed by atoms with Gasteiger partial charge in [-0.25, -0.2) is 0 Å². The van der Waals surface area contributed by atoms with Gasteiger partial charge in [0.2, 0.25) is 0 Å². The first-order valence-corrected chi connectivity index (χ1v) is 7.02. The lowest BCUT2D eigenvalue weighted by Crippen LogP contribution is -1.80. The van der Waals surface area contributed by atoms with E-state index in [1.807, 2.05) is 42.1 Å². The van der Waals surface area contributed by atoms with Crippen molar-refractivity contribution in [1.29, 1.82) is 0 Å². The number of hydrogen-bond acceptors (Lipinski definition) is 1. The summed E-state index contributed by atoms with van der Waals surface area (Å²) in [7, 11) is 0. The second-order valence-electron chi connectivity index (χ2n) is 3.37. The molecule has 0 nitrogen and oxygen atoms in total. The van der Waals surface area contributed by atoms with Crippen LogP contribution in [0.15, 0.2) is 57.9 Å². The number of rotatable bonds is 3. The van der Waals surface area contributed by atoms with Crippen molar-refractivity contribution >= 4 is 39.3 Å². The van der Waals surface area contributed by atoms with Gasteiger partial charge in [-0.3, -0.25) is 0 Å². The molecule has 0 aliphatic heterocycles. The summed E-state index contributed by atoms with van der Waals surface area (Å²) < 4.78 is 1.13. The molecule has 0 fully saturated rings. The zero-order chi connectivity index (χ0) is 11.4. The first kappa shape index (κ1) is 12.0. The molecule has 3 heteroatoms. The lowest BCUT2D eigenvalue weighted by Gasteiger charge is -2.02. The van der Waals surface area contributed by atoms with E-state index < -0.39 is 0 Å². The predicted octanol–water partition coefficient (Wildman–Crippen LogP) is 5.39. The maximum atomic E-state index is 5.83. The molecule has 0 spiro atoms. The van der Waals surface area contributed by atoms with Crippen LogP contribution in [0, 0.1) is 0 Å². The van der Waals surface area contributed by atoms with Gasteiger partial charge in [0.05, 0.1) is 0 Å². The maximum Gasteiger partial charge on any atom is 0.0406 e. The molecule has 0 radical (unpaired) electrons. The van der Waals surface area contributed by atoms with Crippen LogP contribution in [0.2, 0.25) is 5.02 Å². The zero-order valence-electron chi connectivity index (χ0n) is 8.49. The fourth-order valence-corrected chi connectivity index (χ4v) is 2.74. The van der Waals surface area contributed by atoms with Gasteiger partial charge in [0.15, 0.2) is 0 Å². The van der Waals surface area contributed by atoms with Gasteiger partial charge in [0.25, 0.3) is 0 Å². The Morgan fingerprint density at radius 3 is 2.50 bits per heavy atom. The summed E-state index contributed by atoms with van der Waals surface area (Å²) in [5.74, 6) is 0.973. The molecule has 0 heterocycles. The predicted molar refractivity (Wildman–Crippen MR) is 75.2 cm³/mol. The second-order valence-corrected chi connectivity index (χ2v) is 5.77. The van der Waals surface area contributed by atoms with E-state index in [1.165, 1.54) is 10.5 Å². The highest BCUT2D eigenvalue weighted by Gasteiger charge is 1.97. The van der Waals surface area contributed by atoms with E-state index in [-0.39, 0.29) is 0 Å². The van der Waals surface area contributed by atoms with Crippen molar-refractivity contribution < 1.29 is 0 Å². The summed E-state index contributed by atoms with van der Waals surface area (Å²) in [6.45, 7) is 0. The topological polar surface area (TPSA) is 0 Å². The Balaban J connectivity index is 1.99. The fraction of sp³-hybridized carbons (Fsp3) is 0.0769. The summed E-state index contributed by atoms with van der Waals surface area (Å²) >= 11 is 11.1. The number of halogens is 2. The summed E-state index contributed by atoms with van der Waals surface area (Å²) in [5.41, 5.74) is 1.31. The van der Waals surface area contributed by atoms with Gasteiger partial charge in [-0.2, -0.15) is 0 Å². The monoisotopic (exact) mass is 312 g/mol. The number of hydrogen-bond donors (Lipinski definition) is 0. The molecule has 2 aromatic carbocycles. The Labute approximate surface area is 113 Å². The average Bonchev–Trinajstić information content (AvgIpc) is 2.28. The Kier molecular flexibility index (Phi) is 4.33. The fourth-order valence-electron chi connectivity index (χ4n) is 1.32. The highest BCUT2D eigenvalue weighted by atomic mass is 79.9. The lowest BCUT2D eigenvalue weighted by molar-refractivity contribution is 1.37. The van der Waals surface area contributed by atoms with Gasteiger partial charge in [0.1, 0.15) is 0 Å². The van der Waals surface area contributed by atoms with Gasteiger partial charge < -0.3 is 0 Å². The van der Waals surface area contributed by atoms with Crippen LogP contribution < -0.4 is 0 Å². The molecule has 0 N–H and O–H groups in total. The second kappa shape index (κ2) is 5.76. The van der Waals surface area contributed by atoms with Crippen LogP contribution >= 0.6 is 39.3 Å². The molecule has 0 atom stereocenters. The summed E-state index contributed by atoms with van der Waals surface area (Å²) in [5, 5.41) is 0.784. The van der Waals surface area contributed by atoms with E-state index in [2.05, 4.69) is 34.1 Å². The molecule has 0 aliphatic rings. The molecule has 0 bridgehead atoms. The van der Waals surface area contributed by atoms with Gasteiger partial charge in [-0.15, -0.1) is 11.8 Å². The first-order chi connectivity index (χ1) is 7.74.